The fraction of sp³-hybridized carbons (Fsp3) is 0.278. The maximum atomic E-state index is 13.1. The van der Waals surface area contributed by atoms with Gasteiger partial charge in [0.2, 0.25) is 0 Å². The highest BCUT2D eigenvalue weighted by Crippen LogP contribution is 2.33. The van der Waals surface area contributed by atoms with Gasteiger partial charge in [-0.05, 0) is 17.7 Å². The predicted octanol–water partition coefficient (Wildman–Crippen LogP) is 3.92. The monoisotopic (exact) mass is 335 g/mol. The number of halogens is 3. The van der Waals surface area contributed by atoms with Crippen molar-refractivity contribution in [2.75, 3.05) is 19.7 Å². The normalized spacial score (nSPS) is 18.5. The highest BCUT2D eigenvalue weighted by Gasteiger charge is 2.36. The van der Waals surface area contributed by atoms with Gasteiger partial charge in [0.1, 0.15) is 6.10 Å². The van der Waals surface area contributed by atoms with Gasteiger partial charge >= 0.3 is 6.18 Å². The molecule has 0 spiro atoms. The molecular formula is C18H16F3NO2. The van der Waals surface area contributed by atoms with Gasteiger partial charge in [-0.1, -0.05) is 42.5 Å². The predicted molar refractivity (Wildman–Crippen MR) is 82.5 cm³/mol. The molecule has 2 aromatic rings. The summed E-state index contributed by atoms with van der Waals surface area (Å²) in [6.07, 6.45) is -4.89. The molecule has 0 bridgehead atoms. The van der Waals surface area contributed by atoms with Gasteiger partial charge in [-0.25, -0.2) is 0 Å². The second-order valence-corrected chi connectivity index (χ2v) is 5.56. The van der Waals surface area contributed by atoms with E-state index < -0.39 is 17.6 Å². The van der Waals surface area contributed by atoms with Gasteiger partial charge < -0.3 is 9.64 Å². The van der Waals surface area contributed by atoms with E-state index in [4.69, 9.17) is 4.74 Å². The zero-order chi connectivity index (χ0) is 17.2. The number of carbonyl (C=O) groups excluding carboxylic acids is 1. The summed E-state index contributed by atoms with van der Waals surface area (Å²) in [5, 5.41) is 0. The quantitative estimate of drug-likeness (QED) is 0.832. The number of hydrogen-bond acceptors (Lipinski definition) is 2. The minimum absolute atomic E-state index is 0.231. The fourth-order valence-corrected chi connectivity index (χ4v) is 2.79. The molecule has 0 aromatic heterocycles. The Bertz CT molecular complexity index is 716. The number of rotatable bonds is 2. The van der Waals surface area contributed by atoms with Gasteiger partial charge in [-0.3, -0.25) is 4.79 Å². The zero-order valence-corrected chi connectivity index (χ0v) is 12.8. The van der Waals surface area contributed by atoms with Crippen molar-refractivity contribution in [1.82, 2.24) is 4.90 Å². The first-order valence-electron chi connectivity index (χ1n) is 7.59. The summed E-state index contributed by atoms with van der Waals surface area (Å²) in [6, 6.07) is 14.2. The Morgan fingerprint density at radius 3 is 2.42 bits per heavy atom. The molecule has 6 heteroatoms. The van der Waals surface area contributed by atoms with Crippen molar-refractivity contribution in [1.29, 1.82) is 0 Å². The van der Waals surface area contributed by atoms with Gasteiger partial charge in [0.05, 0.1) is 24.3 Å². The maximum absolute atomic E-state index is 13.1. The van der Waals surface area contributed by atoms with E-state index in [2.05, 4.69) is 0 Å². The number of ether oxygens (including phenoxy) is 1. The molecule has 3 rings (SSSR count). The van der Waals surface area contributed by atoms with Gasteiger partial charge in [0.15, 0.2) is 0 Å². The second kappa shape index (κ2) is 6.65. The topological polar surface area (TPSA) is 29.5 Å². The Hall–Kier alpha value is -2.34. The van der Waals surface area contributed by atoms with Crippen molar-refractivity contribution in [3.05, 3.63) is 71.3 Å². The highest BCUT2D eigenvalue weighted by atomic mass is 19.4. The third-order valence-corrected chi connectivity index (χ3v) is 3.99. The first-order chi connectivity index (χ1) is 11.5. The average Bonchev–Trinajstić information content (AvgIpc) is 2.61. The van der Waals surface area contributed by atoms with Gasteiger partial charge in [0, 0.05) is 6.54 Å². The van der Waals surface area contributed by atoms with E-state index in [-0.39, 0.29) is 24.8 Å². The Labute approximate surface area is 137 Å². The first-order valence-corrected chi connectivity index (χ1v) is 7.59. The van der Waals surface area contributed by atoms with Crippen LogP contribution in [0, 0.1) is 0 Å². The summed E-state index contributed by atoms with van der Waals surface area (Å²) < 4.78 is 45.0. The third kappa shape index (κ3) is 3.43. The van der Waals surface area contributed by atoms with Crippen molar-refractivity contribution in [2.24, 2.45) is 0 Å². The van der Waals surface area contributed by atoms with Crippen LogP contribution >= 0.6 is 0 Å². The largest absolute Gasteiger partial charge is 0.417 e. The lowest BCUT2D eigenvalue weighted by Gasteiger charge is -2.33. The van der Waals surface area contributed by atoms with Crippen molar-refractivity contribution in [3.63, 3.8) is 0 Å². The van der Waals surface area contributed by atoms with Crippen molar-refractivity contribution < 1.29 is 22.7 Å². The number of carbonyl (C=O) groups is 1. The molecule has 0 radical (unpaired) electrons. The van der Waals surface area contributed by atoms with Crippen LogP contribution in [0.25, 0.3) is 0 Å². The van der Waals surface area contributed by atoms with E-state index >= 15 is 0 Å². The van der Waals surface area contributed by atoms with Crippen LogP contribution in [-0.4, -0.2) is 30.5 Å². The molecular weight excluding hydrogens is 319 g/mol. The van der Waals surface area contributed by atoms with Crippen molar-refractivity contribution in [2.45, 2.75) is 12.3 Å². The summed E-state index contributed by atoms with van der Waals surface area (Å²) in [4.78, 5) is 14.0. The molecule has 3 nitrogen and oxygen atoms in total. The highest BCUT2D eigenvalue weighted by molar-refractivity contribution is 5.96. The molecule has 126 valence electrons. The van der Waals surface area contributed by atoms with E-state index in [1.165, 1.54) is 23.1 Å². The van der Waals surface area contributed by atoms with Crippen molar-refractivity contribution in [3.8, 4) is 0 Å². The molecule has 0 aliphatic carbocycles. The van der Waals surface area contributed by atoms with Crippen LogP contribution in [0.2, 0.25) is 0 Å². The average molecular weight is 335 g/mol. The SMILES string of the molecule is O=C(c1ccccc1C(F)(F)F)N1CCOC(c2ccccc2)C1. The van der Waals surface area contributed by atoms with E-state index in [1.54, 1.807) is 0 Å². The number of amides is 1. The Balaban J connectivity index is 1.83. The number of hydrogen-bond donors (Lipinski definition) is 0. The van der Waals surface area contributed by atoms with Crippen LogP contribution in [-0.2, 0) is 10.9 Å². The lowest BCUT2D eigenvalue weighted by atomic mass is 10.0. The minimum Gasteiger partial charge on any atom is -0.370 e. The number of benzene rings is 2. The van der Waals surface area contributed by atoms with Crippen LogP contribution in [0.4, 0.5) is 13.2 Å². The summed E-state index contributed by atoms with van der Waals surface area (Å²) in [5.74, 6) is -0.618. The molecule has 1 atom stereocenters. The molecule has 0 saturated carbocycles. The minimum atomic E-state index is -4.56. The Kier molecular flexibility index (Phi) is 4.57. The summed E-state index contributed by atoms with van der Waals surface area (Å²) in [7, 11) is 0. The lowest BCUT2D eigenvalue weighted by molar-refractivity contribution is -0.138. The molecule has 1 fully saturated rings. The zero-order valence-electron chi connectivity index (χ0n) is 12.8. The van der Waals surface area contributed by atoms with E-state index in [9.17, 15) is 18.0 Å². The van der Waals surface area contributed by atoms with Crippen LogP contribution < -0.4 is 0 Å². The molecule has 1 aliphatic rings. The second-order valence-electron chi connectivity index (χ2n) is 5.56. The molecule has 0 N–H and O–H groups in total. The van der Waals surface area contributed by atoms with Crippen LogP contribution in [0.5, 0.6) is 0 Å². The number of morpholine rings is 1. The Morgan fingerprint density at radius 1 is 1.04 bits per heavy atom. The smallest absolute Gasteiger partial charge is 0.370 e. The lowest BCUT2D eigenvalue weighted by Crippen LogP contribution is -2.42. The third-order valence-electron chi connectivity index (χ3n) is 3.99. The standard InChI is InChI=1S/C18H16F3NO2/c19-18(20,21)15-9-5-4-8-14(15)17(23)22-10-11-24-16(12-22)13-6-2-1-3-7-13/h1-9,16H,10-12H2. The molecule has 1 unspecified atom stereocenters. The Morgan fingerprint density at radius 2 is 1.71 bits per heavy atom. The van der Waals surface area contributed by atoms with Crippen LogP contribution in [0.1, 0.15) is 27.6 Å². The van der Waals surface area contributed by atoms with Gasteiger partial charge in [0.25, 0.3) is 5.91 Å². The van der Waals surface area contributed by atoms with Crippen LogP contribution in [0.3, 0.4) is 0 Å². The molecule has 1 heterocycles. The molecule has 1 aliphatic heterocycles. The summed E-state index contributed by atoms with van der Waals surface area (Å²) in [5.41, 5.74) is -0.324. The number of alkyl halides is 3. The first kappa shape index (κ1) is 16.5. The van der Waals surface area contributed by atoms with Gasteiger partial charge in [-0.2, -0.15) is 13.2 Å². The maximum Gasteiger partial charge on any atom is 0.417 e. The number of nitrogens with zero attached hydrogens (tertiary/aromatic N) is 1. The molecule has 1 amide bonds. The van der Waals surface area contributed by atoms with E-state index in [0.717, 1.165) is 11.6 Å². The van der Waals surface area contributed by atoms with Crippen molar-refractivity contribution >= 4 is 5.91 Å². The molecule has 24 heavy (non-hydrogen) atoms. The molecule has 2 aromatic carbocycles. The fourth-order valence-electron chi connectivity index (χ4n) is 2.79. The van der Waals surface area contributed by atoms with Crippen LogP contribution in [0.15, 0.2) is 54.6 Å². The summed E-state index contributed by atoms with van der Waals surface area (Å²) >= 11 is 0. The van der Waals surface area contributed by atoms with Gasteiger partial charge in [-0.15, -0.1) is 0 Å². The molecule has 1 saturated heterocycles. The summed E-state index contributed by atoms with van der Waals surface area (Å²) in [6.45, 7) is 0.795. The van der Waals surface area contributed by atoms with E-state index in [1.807, 2.05) is 30.3 Å². The van der Waals surface area contributed by atoms with E-state index in [0.29, 0.717) is 6.61 Å².